The average Bonchev–Trinajstić information content (AvgIpc) is 0.727. The first-order chi connectivity index (χ1) is 49.1. The van der Waals surface area contributed by atoms with Crippen LogP contribution in [0.3, 0.4) is 0 Å². The SMILES string of the molecule is [2H]c1c([2H])c(C(C)(C)C)c([2H])c([2H])c1Cc1cc(Cc2c([2H])c([2H])c(C(C)(C)C)c([2H])c2[2H])cc(C([2H])([2H])[2H])c1.[2H]c1c([2H])c(N(c2cc(Cc3c([2H])c([2H])c(C(C)(C)C)c([2H])c3[2H])cc(C([2H])([2H])[2H])c2)c2c([2H])c([2H])c(C(C)(C)C)c([2H])c2[2H])c([2H])c([Si](C)(C)C)c1[2H].[2H]c1c([2H])c([Si](C)(C)C)c([2H])c(Br)c1C. The molecule has 0 aliphatic heterocycles. The standard InChI is InChI=1S/C37H47NSi.C29H36.C10H15BrSi/c1-27-22-29(24-28-14-16-30(17-15-28)36(2,3)4)25-34(23-27)38(32-20-18-31(19-21-32)37(5,6)7)33-12-11-13-35(26-33)39(8,9)10;1-21-16-24(18-22-8-12-26(13-9-22)28(2,3)4)20-25(17-21)19-23-10-14-27(15-11-23)29(5,6)7;1-8-5-6-9(7-10(8)11)12(2,3)4/h11-23,25-26H,24H2,1-10H3;8-17,20H,18-19H2,1-7H3;5-7H,1-4H3/i1D3,11D,12D,13D,14D,15D,16D,17D,18D,19D,20D,21D,26D;1D3,8D,9D,10D,11D,12D,13D,14D,15D;5D,6D,7D. The zero-order valence-electron chi connectivity index (χ0n) is 79.4. The minimum atomic E-state index is -2.77. The van der Waals surface area contributed by atoms with Gasteiger partial charge < -0.3 is 4.90 Å². The van der Waals surface area contributed by atoms with Gasteiger partial charge in [-0.25, -0.2) is 0 Å². The van der Waals surface area contributed by atoms with Gasteiger partial charge in [-0.15, -0.1) is 0 Å². The topological polar surface area (TPSA) is 3.24 Å². The summed E-state index contributed by atoms with van der Waals surface area (Å²) in [7, 11) is -4.36. The summed E-state index contributed by atoms with van der Waals surface area (Å²) in [6, 6.07) is 3.55. The average molecular weight is 1190 g/mol. The van der Waals surface area contributed by atoms with Gasteiger partial charge in [0.15, 0.2) is 0 Å². The van der Waals surface area contributed by atoms with Gasteiger partial charge in [-0.3, -0.25) is 0 Å². The monoisotopic (exact) mass is 1190 g/mol. The van der Waals surface area contributed by atoms with E-state index in [1.165, 1.54) is 30.3 Å². The Morgan fingerprint density at radius 3 is 1.12 bits per heavy atom. The lowest BCUT2D eigenvalue weighted by Gasteiger charge is -2.29. The summed E-state index contributed by atoms with van der Waals surface area (Å²) in [4.78, 5) is 1.11. The molecule has 4 heteroatoms. The summed E-state index contributed by atoms with van der Waals surface area (Å²) >= 11 is 3.34. The summed E-state index contributed by atoms with van der Waals surface area (Å²) in [5.41, 5.74) is -0.794. The molecular formula is C76H98BrNSi2. The number of benzene rings is 8. The van der Waals surface area contributed by atoms with Crippen molar-refractivity contribution in [2.24, 2.45) is 0 Å². The van der Waals surface area contributed by atoms with Crippen molar-refractivity contribution in [3.63, 3.8) is 0 Å². The molecule has 8 rings (SSSR count). The second-order valence-electron chi connectivity index (χ2n) is 26.5. The predicted molar refractivity (Wildman–Crippen MR) is 364 cm³/mol. The van der Waals surface area contributed by atoms with Gasteiger partial charge in [-0.1, -0.05) is 287 Å². The van der Waals surface area contributed by atoms with E-state index in [-0.39, 0.29) is 189 Å². The van der Waals surface area contributed by atoms with Gasteiger partial charge in [0.25, 0.3) is 0 Å². The molecule has 1 nitrogen and oxygen atoms in total. The summed E-state index contributed by atoms with van der Waals surface area (Å²) < 4.78 is 250. The first kappa shape index (κ1) is 34.2. The van der Waals surface area contributed by atoms with Crippen LogP contribution in [0.2, 0.25) is 39.3 Å². The first-order valence-corrected chi connectivity index (χ1v) is 34.7. The number of rotatable bonds is 11. The third-order valence-corrected chi connectivity index (χ3v) is 16.9. The van der Waals surface area contributed by atoms with Gasteiger partial charge in [0, 0.05) is 29.8 Å². The molecular weight excluding hydrogens is 1060 g/mol. The van der Waals surface area contributed by atoms with Crippen molar-refractivity contribution in [1.29, 1.82) is 0 Å². The van der Waals surface area contributed by atoms with Crippen LogP contribution in [-0.2, 0) is 40.9 Å². The van der Waals surface area contributed by atoms with Crippen LogP contribution in [0.25, 0.3) is 0 Å². The van der Waals surface area contributed by atoms with E-state index in [0.29, 0.717) is 38.3 Å². The molecule has 0 unspecified atom stereocenters. The Hall–Kier alpha value is -5.53. The molecule has 0 aliphatic rings. The Bertz CT molecular complexity index is 4670. The molecule has 0 N–H and O–H groups in total. The van der Waals surface area contributed by atoms with E-state index in [2.05, 4.69) is 35.6 Å². The molecule has 0 saturated carbocycles. The molecule has 8 aromatic rings. The van der Waals surface area contributed by atoms with E-state index >= 15 is 0 Å². The zero-order valence-corrected chi connectivity index (χ0v) is 54.0. The second-order valence-corrected chi connectivity index (χ2v) is 37.3. The molecule has 0 aliphatic carbocycles. The van der Waals surface area contributed by atoms with Crippen molar-refractivity contribution in [3.05, 3.63) is 252 Å². The minimum Gasteiger partial charge on any atom is -0.310 e. The highest BCUT2D eigenvalue weighted by atomic mass is 79.9. The van der Waals surface area contributed by atoms with Gasteiger partial charge in [0.2, 0.25) is 0 Å². The summed E-state index contributed by atoms with van der Waals surface area (Å²) in [5, 5.41) is 0.977. The molecule has 0 heterocycles. The number of hydrogen-bond acceptors (Lipinski definition) is 1. The quantitative estimate of drug-likeness (QED) is 0.117. The van der Waals surface area contributed by atoms with Crippen LogP contribution in [0.5, 0.6) is 0 Å². The fraction of sp³-hybridized carbons (Fsp3) is 0.368. The fourth-order valence-electron chi connectivity index (χ4n) is 7.69. The molecule has 422 valence electrons. The number of aryl methyl sites for hydroxylation is 2. The Morgan fingerprint density at radius 2 is 0.750 bits per heavy atom. The van der Waals surface area contributed by atoms with Crippen LogP contribution in [0.15, 0.2) is 180 Å². The first-order valence-electron chi connectivity index (χ1n) is 41.4. The molecule has 0 fully saturated rings. The largest absolute Gasteiger partial charge is 0.310 e. The highest BCUT2D eigenvalue weighted by Gasteiger charge is 2.22. The van der Waals surface area contributed by atoms with E-state index < -0.39 is 81.4 Å². The normalized spacial score (nSPS) is 17.7. The number of halogens is 1. The predicted octanol–water partition coefficient (Wildman–Crippen LogP) is 21.3. The molecule has 0 spiro atoms. The number of hydrogen-bond donors (Lipinski definition) is 0. The lowest BCUT2D eigenvalue weighted by Crippen LogP contribution is -2.37. The third-order valence-electron chi connectivity index (χ3n) is 12.6. The van der Waals surface area contributed by atoms with E-state index in [4.69, 9.17) is 35.6 Å². The molecule has 0 radical (unpaired) electrons. The second kappa shape index (κ2) is 25.7. The third kappa shape index (κ3) is 18.5. The zero-order chi connectivity index (χ0) is 84.2. The molecule has 0 atom stereocenters. The Morgan fingerprint density at radius 1 is 0.388 bits per heavy atom. The van der Waals surface area contributed by atoms with Gasteiger partial charge in [0.1, 0.15) is 0 Å². The van der Waals surface area contributed by atoms with Gasteiger partial charge >= 0.3 is 0 Å². The van der Waals surface area contributed by atoms with Crippen molar-refractivity contribution in [1.82, 2.24) is 0 Å². The Kier molecular flexibility index (Phi) is 11.0. The van der Waals surface area contributed by atoms with E-state index in [9.17, 15) is 4.11 Å². The molecule has 0 bridgehead atoms. The lowest BCUT2D eigenvalue weighted by atomic mass is 9.86. The number of anilines is 3. The van der Waals surface area contributed by atoms with Gasteiger partial charge in [-0.05, 0) is 171 Å². The maximum Gasteiger partial charge on any atom is 0.0776 e. The van der Waals surface area contributed by atoms with Crippen LogP contribution < -0.4 is 15.3 Å². The highest BCUT2D eigenvalue weighted by Crippen LogP contribution is 2.38. The molecule has 0 saturated heterocycles. The maximum absolute atomic E-state index is 9.43. The molecule has 0 amide bonds. The highest BCUT2D eigenvalue weighted by molar-refractivity contribution is 9.10. The maximum atomic E-state index is 9.43. The van der Waals surface area contributed by atoms with E-state index in [1.54, 1.807) is 54.5 Å². The Labute approximate surface area is 538 Å². The molecule has 0 aromatic heterocycles. The van der Waals surface area contributed by atoms with Crippen LogP contribution in [0.1, 0.15) is 195 Å². The smallest absolute Gasteiger partial charge is 0.0776 e. The van der Waals surface area contributed by atoms with Crippen LogP contribution in [0.4, 0.5) is 17.1 Å². The van der Waals surface area contributed by atoms with Gasteiger partial charge in [0.05, 0.1) is 47.7 Å². The van der Waals surface area contributed by atoms with Crippen LogP contribution >= 0.6 is 15.9 Å². The van der Waals surface area contributed by atoms with Crippen molar-refractivity contribution >= 4 is 59.5 Å². The summed E-state index contributed by atoms with van der Waals surface area (Å²) in [6.45, 7) is 29.9. The van der Waals surface area contributed by atoms with Crippen molar-refractivity contribution in [2.75, 3.05) is 4.90 Å². The Balaban J connectivity index is 0.000000294. The lowest BCUT2D eigenvalue weighted by molar-refractivity contribution is 0.589. The van der Waals surface area contributed by atoms with Crippen LogP contribution in [0, 0.1) is 20.6 Å². The summed E-state index contributed by atoms with van der Waals surface area (Å²) in [6.07, 6.45) is -0.372. The summed E-state index contributed by atoms with van der Waals surface area (Å²) in [5.74, 6) is 0. The minimum absolute atomic E-state index is 0.00290. The van der Waals surface area contributed by atoms with Gasteiger partial charge in [-0.2, -0.15) is 0 Å². The van der Waals surface area contributed by atoms with Crippen molar-refractivity contribution in [2.45, 2.75) is 184 Å². The van der Waals surface area contributed by atoms with Crippen LogP contribution in [-0.4, -0.2) is 16.1 Å². The fourth-order valence-corrected chi connectivity index (χ4v) is 10.0. The number of nitrogens with zero attached hydrogens (tertiary/aromatic N) is 1. The molecule has 8 aromatic carbocycles. The molecule has 80 heavy (non-hydrogen) atoms. The van der Waals surface area contributed by atoms with Crippen molar-refractivity contribution in [3.8, 4) is 0 Å². The van der Waals surface area contributed by atoms with E-state index in [0.717, 1.165) is 10.1 Å². The van der Waals surface area contributed by atoms with E-state index in [1.807, 2.05) is 61.2 Å². The van der Waals surface area contributed by atoms with Crippen molar-refractivity contribution < 1.29 is 39.8 Å².